The monoisotopic (exact) mass is 324 g/mol. The van der Waals surface area contributed by atoms with Gasteiger partial charge < -0.3 is 14.2 Å². The van der Waals surface area contributed by atoms with E-state index in [2.05, 4.69) is 13.0 Å². The fourth-order valence-electron chi connectivity index (χ4n) is 3.47. The maximum atomic E-state index is 12.7. The molecule has 0 aromatic heterocycles. The van der Waals surface area contributed by atoms with E-state index in [9.17, 15) is 10.1 Å². The minimum Gasteiger partial charge on any atom is -0.444 e. The molecule has 1 unspecified atom stereocenters. The molecule has 23 heavy (non-hydrogen) atoms. The van der Waals surface area contributed by atoms with Crippen molar-refractivity contribution in [1.82, 2.24) is 4.90 Å². The maximum absolute atomic E-state index is 12.7. The van der Waals surface area contributed by atoms with E-state index >= 15 is 0 Å². The first-order valence-electron chi connectivity index (χ1n) is 8.33. The molecule has 2 rings (SSSR count). The van der Waals surface area contributed by atoms with E-state index in [1.165, 1.54) is 0 Å². The SMILES string of the molecule is CCC[C@@H]1[C@@H]2OC(C)(C)OC2[C@@H](CC#N)N1C(=O)OC(C)(C)C. The predicted octanol–water partition coefficient (Wildman–Crippen LogP) is 3.21. The Morgan fingerprint density at radius 2 is 1.83 bits per heavy atom. The van der Waals surface area contributed by atoms with Gasteiger partial charge in [-0.25, -0.2) is 4.79 Å². The van der Waals surface area contributed by atoms with Crippen molar-refractivity contribution in [2.45, 2.75) is 96.5 Å². The number of hydrogen-bond acceptors (Lipinski definition) is 5. The van der Waals surface area contributed by atoms with E-state index in [0.717, 1.165) is 12.8 Å². The Labute approximate surface area is 138 Å². The lowest BCUT2D eigenvalue weighted by molar-refractivity contribution is -0.166. The molecule has 130 valence electrons. The molecule has 0 aliphatic carbocycles. The molecular weight excluding hydrogens is 296 g/mol. The van der Waals surface area contributed by atoms with E-state index in [4.69, 9.17) is 14.2 Å². The summed E-state index contributed by atoms with van der Waals surface area (Å²) in [7, 11) is 0. The highest BCUT2D eigenvalue weighted by molar-refractivity contribution is 5.70. The van der Waals surface area contributed by atoms with Crippen LogP contribution in [0.4, 0.5) is 4.79 Å². The van der Waals surface area contributed by atoms with Crippen LogP contribution in [0.2, 0.25) is 0 Å². The van der Waals surface area contributed by atoms with Gasteiger partial charge in [-0.2, -0.15) is 5.26 Å². The molecule has 1 amide bonds. The summed E-state index contributed by atoms with van der Waals surface area (Å²) < 4.78 is 17.6. The number of hydrogen-bond donors (Lipinski definition) is 0. The van der Waals surface area contributed by atoms with Crippen molar-refractivity contribution in [2.24, 2.45) is 0 Å². The molecule has 0 saturated carbocycles. The zero-order valence-corrected chi connectivity index (χ0v) is 15.0. The summed E-state index contributed by atoms with van der Waals surface area (Å²) in [6.45, 7) is 11.3. The lowest BCUT2D eigenvalue weighted by atomic mass is 10.0. The fraction of sp³-hybridized carbons (Fsp3) is 0.882. The van der Waals surface area contributed by atoms with Crippen LogP contribution in [-0.2, 0) is 14.2 Å². The summed E-state index contributed by atoms with van der Waals surface area (Å²) in [6.07, 6.45) is 1.03. The quantitative estimate of drug-likeness (QED) is 0.797. The first-order chi connectivity index (χ1) is 10.6. The van der Waals surface area contributed by atoms with Gasteiger partial charge in [0.1, 0.15) is 17.8 Å². The molecule has 0 N–H and O–H groups in total. The van der Waals surface area contributed by atoms with Crippen LogP contribution in [0.5, 0.6) is 0 Å². The van der Waals surface area contributed by atoms with Gasteiger partial charge in [0.15, 0.2) is 5.79 Å². The van der Waals surface area contributed by atoms with Crippen molar-refractivity contribution in [1.29, 1.82) is 5.26 Å². The van der Waals surface area contributed by atoms with Gasteiger partial charge in [0.25, 0.3) is 0 Å². The zero-order valence-electron chi connectivity index (χ0n) is 15.0. The van der Waals surface area contributed by atoms with E-state index in [1.807, 2.05) is 34.6 Å². The molecule has 0 radical (unpaired) electrons. The summed E-state index contributed by atoms with van der Waals surface area (Å²) >= 11 is 0. The Balaban J connectivity index is 2.30. The topological polar surface area (TPSA) is 71.8 Å². The second-order valence-electron chi connectivity index (χ2n) is 7.74. The number of nitrogens with zero attached hydrogens (tertiary/aromatic N) is 2. The smallest absolute Gasteiger partial charge is 0.411 e. The number of fused-ring (bicyclic) bond motifs is 1. The minimum absolute atomic E-state index is 0.125. The van der Waals surface area contributed by atoms with Crippen LogP contribution in [0.25, 0.3) is 0 Å². The average Bonchev–Trinajstić information content (AvgIpc) is 2.82. The first-order valence-corrected chi connectivity index (χ1v) is 8.33. The molecule has 2 aliphatic heterocycles. The highest BCUT2D eigenvalue weighted by Gasteiger charge is 2.59. The molecule has 2 saturated heterocycles. The van der Waals surface area contributed by atoms with Crippen LogP contribution in [0.3, 0.4) is 0 Å². The maximum Gasteiger partial charge on any atom is 0.411 e. The Kier molecular flexibility index (Phi) is 4.93. The van der Waals surface area contributed by atoms with Gasteiger partial charge in [0.05, 0.1) is 24.6 Å². The van der Waals surface area contributed by atoms with Crippen LogP contribution in [0.1, 0.15) is 60.8 Å². The molecule has 6 nitrogen and oxygen atoms in total. The van der Waals surface area contributed by atoms with Crippen LogP contribution in [0, 0.1) is 11.3 Å². The van der Waals surface area contributed by atoms with Gasteiger partial charge in [-0.15, -0.1) is 0 Å². The Hall–Kier alpha value is -1.32. The highest BCUT2D eigenvalue weighted by Crippen LogP contribution is 2.43. The number of likely N-dealkylation sites (tertiary alicyclic amines) is 1. The van der Waals surface area contributed by atoms with Crippen molar-refractivity contribution in [3.8, 4) is 6.07 Å². The van der Waals surface area contributed by atoms with Crippen molar-refractivity contribution in [2.75, 3.05) is 0 Å². The Bertz CT molecular complexity index is 492. The van der Waals surface area contributed by atoms with Gasteiger partial charge in [-0.3, -0.25) is 4.90 Å². The van der Waals surface area contributed by atoms with Gasteiger partial charge in [-0.05, 0) is 41.0 Å². The third kappa shape index (κ3) is 3.78. The van der Waals surface area contributed by atoms with Crippen LogP contribution in [0.15, 0.2) is 0 Å². The highest BCUT2D eigenvalue weighted by atomic mass is 16.8. The summed E-state index contributed by atoms with van der Waals surface area (Å²) in [5.41, 5.74) is -0.580. The lowest BCUT2D eigenvalue weighted by Gasteiger charge is -2.34. The van der Waals surface area contributed by atoms with Crippen molar-refractivity contribution < 1.29 is 19.0 Å². The molecule has 0 aromatic carbocycles. The number of nitriles is 1. The zero-order chi connectivity index (χ0) is 17.4. The first kappa shape index (κ1) is 18.0. The van der Waals surface area contributed by atoms with E-state index in [-0.39, 0.29) is 30.7 Å². The summed E-state index contributed by atoms with van der Waals surface area (Å²) in [5.74, 6) is -0.685. The van der Waals surface area contributed by atoms with Crippen LogP contribution < -0.4 is 0 Å². The van der Waals surface area contributed by atoms with E-state index < -0.39 is 17.5 Å². The standard InChI is InChI=1S/C17H28N2O4/c1-7-8-11-13-14(22-17(5,6)21-13)12(9-10-18)19(11)15(20)23-16(2,3)4/h11-14H,7-9H2,1-6H3/t11-,12-,13+,14?/m1/s1. The number of carbonyl (C=O) groups excluding carboxylic acids is 1. The van der Waals surface area contributed by atoms with Gasteiger partial charge in [-0.1, -0.05) is 13.3 Å². The fourth-order valence-corrected chi connectivity index (χ4v) is 3.47. The molecule has 4 atom stereocenters. The number of ether oxygens (including phenoxy) is 3. The summed E-state index contributed by atoms with van der Waals surface area (Å²) in [4.78, 5) is 14.4. The average molecular weight is 324 g/mol. The van der Waals surface area contributed by atoms with Crippen LogP contribution >= 0.6 is 0 Å². The summed E-state index contributed by atoms with van der Waals surface area (Å²) in [6, 6.07) is 1.71. The lowest BCUT2D eigenvalue weighted by Crippen LogP contribution is -2.48. The number of carbonyl (C=O) groups is 1. The second kappa shape index (κ2) is 6.29. The third-order valence-corrected chi connectivity index (χ3v) is 4.13. The molecule has 2 aliphatic rings. The molecular formula is C17H28N2O4. The van der Waals surface area contributed by atoms with Crippen LogP contribution in [-0.4, -0.2) is 46.7 Å². The largest absolute Gasteiger partial charge is 0.444 e. The molecule has 0 bridgehead atoms. The molecule has 2 fully saturated rings. The third-order valence-electron chi connectivity index (χ3n) is 4.13. The molecule has 0 aromatic rings. The van der Waals surface area contributed by atoms with Crippen molar-refractivity contribution >= 4 is 6.09 Å². The van der Waals surface area contributed by atoms with Crippen molar-refractivity contribution in [3.05, 3.63) is 0 Å². The van der Waals surface area contributed by atoms with Gasteiger partial charge >= 0.3 is 6.09 Å². The predicted molar refractivity (Wildman–Crippen MR) is 84.6 cm³/mol. The van der Waals surface area contributed by atoms with E-state index in [1.54, 1.807) is 4.90 Å². The molecule has 6 heteroatoms. The van der Waals surface area contributed by atoms with Gasteiger partial charge in [0.2, 0.25) is 0 Å². The minimum atomic E-state index is -0.685. The van der Waals surface area contributed by atoms with Crippen molar-refractivity contribution in [3.63, 3.8) is 0 Å². The van der Waals surface area contributed by atoms with Gasteiger partial charge in [0, 0.05) is 0 Å². The number of rotatable bonds is 3. The number of amides is 1. The summed E-state index contributed by atoms with van der Waals surface area (Å²) in [5, 5.41) is 9.20. The van der Waals surface area contributed by atoms with E-state index in [0.29, 0.717) is 0 Å². The Morgan fingerprint density at radius 3 is 2.30 bits per heavy atom. The second-order valence-corrected chi connectivity index (χ2v) is 7.74. The normalized spacial score (nSPS) is 32.5. The molecule has 0 spiro atoms. The Morgan fingerprint density at radius 1 is 1.26 bits per heavy atom. The molecule has 2 heterocycles.